The number of aromatic amines is 1. The van der Waals surface area contributed by atoms with Crippen molar-refractivity contribution in [2.75, 3.05) is 14.1 Å². The first-order chi connectivity index (χ1) is 11.9. The molecule has 0 saturated heterocycles. The smallest absolute Gasteiger partial charge is 0.358 e. The lowest BCUT2D eigenvalue weighted by atomic mass is 10.0. The van der Waals surface area contributed by atoms with Gasteiger partial charge >= 0.3 is 5.97 Å². The van der Waals surface area contributed by atoms with Crippen LogP contribution >= 0.6 is 0 Å². The Bertz CT molecular complexity index is 892. The van der Waals surface area contributed by atoms with Gasteiger partial charge in [-0.1, -0.05) is 32.0 Å². The number of hydrogen-bond acceptors (Lipinski definition) is 4. The number of nitrogens with one attached hydrogen (secondary N) is 1. The Kier molecular flexibility index (Phi) is 4.63. The van der Waals surface area contributed by atoms with E-state index in [2.05, 4.69) is 23.8 Å². The Hall–Kier alpha value is -2.60. The molecule has 0 aliphatic rings. The number of aromatic nitrogens is 2. The number of carbonyl (C=O) groups is 1. The first-order valence-corrected chi connectivity index (χ1v) is 8.35. The molecule has 3 rings (SSSR count). The standard InChI is InChI=1S/C19H23N3O3/c1-11(2)9-15(22(3)4)18-21-16(19(23)24)17(25-18)13-10-20-14-8-6-5-7-12(13)14/h5-8,10-11,15,20H,9H2,1-4H3,(H,23,24). The van der Waals surface area contributed by atoms with E-state index in [1.54, 1.807) is 6.20 Å². The second kappa shape index (κ2) is 6.72. The first-order valence-electron chi connectivity index (χ1n) is 8.35. The number of rotatable bonds is 6. The highest BCUT2D eigenvalue weighted by atomic mass is 16.4. The van der Waals surface area contributed by atoms with Gasteiger partial charge in [0.15, 0.2) is 11.5 Å². The van der Waals surface area contributed by atoms with E-state index in [0.717, 1.165) is 17.3 Å². The molecule has 0 bridgehead atoms. The lowest BCUT2D eigenvalue weighted by Crippen LogP contribution is -2.22. The van der Waals surface area contributed by atoms with E-state index in [4.69, 9.17) is 4.42 Å². The summed E-state index contributed by atoms with van der Waals surface area (Å²) in [6.07, 6.45) is 2.61. The maximum Gasteiger partial charge on any atom is 0.358 e. The van der Waals surface area contributed by atoms with Gasteiger partial charge < -0.3 is 14.5 Å². The Morgan fingerprint density at radius 1 is 1.32 bits per heavy atom. The molecule has 0 aliphatic carbocycles. The van der Waals surface area contributed by atoms with Gasteiger partial charge in [-0.05, 0) is 32.5 Å². The topological polar surface area (TPSA) is 82.4 Å². The molecule has 6 nitrogen and oxygen atoms in total. The summed E-state index contributed by atoms with van der Waals surface area (Å²) in [6.45, 7) is 4.25. The lowest BCUT2D eigenvalue weighted by Gasteiger charge is -2.22. The number of oxazole rings is 1. The molecular weight excluding hydrogens is 318 g/mol. The number of carboxylic acid groups (broad SMARTS) is 1. The summed E-state index contributed by atoms with van der Waals surface area (Å²) in [5.74, 6) is 0.0911. The number of carboxylic acids is 1. The third kappa shape index (κ3) is 3.30. The highest BCUT2D eigenvalue weighted by molar-refractivity contribution is 6.00. The fourth-order valence-corrected chi connectivity index (χ4v) is 3.05. The van der Waals surface area contributed by atoms with Gasteiger partial charge in [0.05, 0.1) is 6.04 Å². The summed E-state index contributed by atoms with van der Waals surface area (Å²) in [5, 5.41) is 10.5. The molecule has 1 aromatic carbocycles. The molecule has 25 heavy (non-hydrogen) atoms. The number of para-hydroxylation sites is 1. The maximum atomic E-state index is 11.7. The van der Waals surface area contributed by atoms with Crippen LogP contribution in [0.25, 0.3) is 22.2 Å². The second-order valence-corrected chi connectivity index (χ2v) is 6.89. The van der Waals surface area contributed by atoms with Gasteiger partial charge in [-0.25, -0.2) is 9.78 Å². The SMILES string of the molecule is CC(C)CC(c1nc(C(=O)O)c(-c2c[nH]c3ccccc23)o1)N(C)C. The van der Waals surface area contributed by atoms with Crippen LogP contribution in [-0.2, 0) is 0 Å². The maximum absolute atomic E-state index is 11.7. The molecule has 2 heterocycles. The van der Waals surface area contributed by atoms with Crippen molar-refractivity contribution in [1.29, 1.82) is 0 Å². The van der Waals surface area contributed by atoms with E-state index in [1.807, 2.05) is 43.3 Å². The minimum Gasteiger partial charge on any atom is -0.476 e. The van der Waals surface area contributed by atoms with Crippen molar-refractivity contribution in [1.82, 2.24) is 14.9 Å². The Morgan fingerprint density at radius 2 is 2.04 bits per heavy atom. The zero-order valence-electron chi connectivity index (χ0n) is 14.9. The van der Waals surface area contributed by atoms with Crippen molar-refractivity contribution in [3.63, 3.8) is 0 Å². The Labute approximate surface area is 146 Å². The van der Waals surface area contributed by atoms with Crippen molar-refractivity contribution in [3.05, 3.63) is 42.0 Å². The van der Waals surface area contributed by atoms with E-state index in [0.29, 0.717) is 23.1 Å². The molecule has 6 heteroatoms. The molecule has 0 fully saturated rings. The third-order valence-electron chi connectivity index (χ3n) is 4.28. The Morgan fingerprint density at radius 3 is 2.68 bits per heavy atom. The normalized spacial score (nSPS) is 13.0. The van der Waals surface area contributed by atoms with E-state index >= 15 is 0 Å². The van der Waals surface area contributed by atoms with Gasteiger partial charge in [0.1, 0.15) is 0 Å². The fourth-order valence-electron chi connectivity index (χ4n) is 3.05. The van der Waals surface area contributed by atoms with Crippen LogP contribution in [-0.4, -0.2) is 40.0 Å². The van der Waals surface area contributed by atoms with Crippen molar-refractivity contribution >= 4 is 16.9 Å². The van der Waals surface area contributed by atoms with Crippen LogP contribution in [0.2, 0.25) is 0 Å². The summed E-state index contributed by atoms with van der Waals surface area (Å²) >= 11 is 0. The average molecular weight is 341 g/mol. The van der Waals surface area contributed by atoms with Gasteiger partial charge in [-0.15, -0.1) is 0 Å². The quantitative estimate of drug-likeness (QED) is 0.703. The molecule has 2 N–H and O–H groups in total. The van der Waals surface area contributed by atoms with E-state index < -0.39 is 5.97 Å². The highest BCUT2D eigenvalue weighted by Crippen LogP contribution is 2.35. The summed E-state index contributed by atoms with van der Waals surface area (Å²) in [7, 11) is 3.89. The van der Waals surface area contributed by atoms with Gasteiger partial charge in [0.25, 0.3) is 0 Å². The molecule has 1 atom stereocenters. The molecule has 1 unspecified atom stereocenters. The van der Waals surface area contributed by atoms with Gasteiger partial charge in [0, 0.05) is 22.7 Å². The molecule has 0 spiro atoms. The van der Waals surface area contributed by atoms with Crippen molar-refractivity contribution < 1.29 is 14.3 Å². The number of H-pyrrole nitrogens is 1. The first kappa shape index (κ1) is 17.2. The molecule has 132 valence electrons. The number of hydrogen-bond donors (Lipinski definition) is 2. The summed E-state index contributed by atoms with van der Waals surface area (Å²) in [5.41, 5.74) is 1.60. The van der Waals surface area contributed by atoms with Crippen LogP contribution in [0.1, 0.15) is 42.7 Å². The largest absolute Gasteiger partial charge is 0.476 e. The molecule has 0 radical (unpaired) electrons. The van der Waals surface area contributed by atoms with Crippen LogP contribution < -0.4 is 0 Å². The number of benzene rings is 1. The van der Waals surface area contributed by atoms with Crippen LogP contribution in [0.3, 0.4) is 0 Å². The van der Waals surface area contributed by atoms with Crippen molar-refractivity contribution in [2.24, 2.45) is 5.92 Å². The van der Waals surface area contributed by atoms with Crippen LogP contribution in [0.15, 0.2) is 34.9 Å². The highest BCUT2D eigenvalue weighted by Gasteiger charge is 2.28. The zero-order valence-corrected chi connectivity index (χ0v) is 14.9. The summed E-state index contributed by atoms with van der Waals surface area (Å²) in [4.78, 5) is 21.2. The zero-order chi connectivity index (χ0) is 18.1. The minimum absolute atomic E-state index is 0.0460. The average Bonchev–Trinajstić information content (AvgIpc) is 3.16. The predicted molar refractivity (Wildman–Crippen MR) is 96.6 cm³/mol. The van der Waals surface area contributed by atoms with Crippen molar-refractivity contribution in [3.8, 4) is 11.3 Å². The summed E-state index contributed by atoms with van der Waals surface area (Å²) in [6, 6.07) is 7.65. The van der Waals surface area contributed by atoms with Gasteiger partial charge in [0.2, 0.25) is 5.89 Å². The van der Waals surface area contributed by atoms with Gasteiger partial charge in [-0.2, -0.15) is 0 Å². The van der Waals surface area contributed by atoms with Crippen LogP contribution in [0, 0.1) is 5.92 Å². The monoisotopic (exact) mass is 341 g/mol. The number of fused-ring (bicyclic) bond motifs is 1. The number of aromatic carboxylic acids is 1. The van der Waals surface area contributed by atoms with Crippen LogP contribution in [0.4, 0.5) is 0 Å². The van der Waals surface area contributed by atoms with E-state index in [1.165, 1.54) is 0 Å². The molecule has 3 aromatic rings. The van der Waals surface area contributed by atoms with Crippen molar-refractivity contribution in [2.45, 2.75) is 26.3 Å². The lowest BCUT2D eigenvalue weighted by molar-refractivity contribution is 0.0691. The van der Waals surface area contributed by atoms with E-state index in [-0.39, 0.29) is 11.7 Å². The van der Waals surface area contributed by atoms with E-state index in [9.17, 15) is 9.90 Å². The Balaban J connectivity index is 2.14. The third-order valence-corrected chi connectivity index (χ3v) is 4.28. The molecule has 0 saturated carbocycles. The molecular formula is C19H23N3O3. The second-order valence-electron chi connectivity index (χ2n) is 6.89. The fraction of sp³-hybridized carbons (Fsp3) is 0.368. The predicted octanol–water partition coefficient (Wildman–Crippen LogP) is 4.17. The minimum atomic E-state index is -1.09. The molecule has 0 amide bonds. The summed E-state index contributed by atoms with van der Waals surface area (Å²) < 4.78 is 6.00. The number of nitrogens with zero attached hydrogens (tertiary/aromatic N) is 2. The molecule has 0 aliphatic heterocycles. The van der Waals surface area contributed by atoms with Crippen LogP contribution in [0.5, 0.6) is 0 Å². The molecule has 2 aromatic heterocycles. The van der Waals surface area contributed by atoms with Gasteiger partial charge in [-0.3, -0.25) is 4.90 Å².